The van der Waals surface area contributed by atoms with E-state index in [0.717, 1.165) is 12.8 Å². The van der Waals surface area contributed by atoms with E-state index < -0.39 is 14.4 Å². The van der Waals surface area contributed by atoms with Gasteiger partial charge in [0.1, 0.15) is 0 Å². The third-order valence-electron chi connectivity index (χ3n) is 4.46. The van der Waals surface area contributed by atoms with E-state index >= 15 is 0 Å². The Balaban J connectivity index is 4.25. The molecule has 0 bridgehead atoms. The van der Waals surface area contributed by atoms with Crippen LogP contribution in [0.4, 0.5) is 4.79 Å². The average molecular weight is 333 g/mol. The van der Waals surface area contributed by atoms with Gasteiger partial charge in [0, 0.05) is 24.7 Å². The van der Waals surface area contributed by atoms with Crippen LogP contribution in [0.25, 0.3) is 0 Å². The fourth-order valence-corrected chi connectivity index (χ4v) is 2.91. The van der Waals surface area contributed by atoms with Crippen LogP contribution in [0.1, 0.15) is 54.4 Å². The molecule has 0 aliphatic carbocycles. The van der Waals surface area contributed by atoms with Crippen molar-refractivity contribution in [3.63, 3.8) is 0 Å². The number of amides is 1. The van der Waals surface area contributed by atoms with Gasteiger partial charge in [0.2, 0.25) is 0 Å². The van der Waals surface area contributed by atoms with E-state index in [-0.39, 0.29) is 16.6 Å². The van der Waals surface area contributed by atoms with Crippen molar-refractivity contribution < 1.29 is 14.3 Å². The second kappa shape index (κ2) is 7.79. The summed E-state index contributed by atoms with van der Waals surface area (Å²) >= 11 is 0. The molecule has 0 fully saturated rings. The van der Waals surface area contributed by atoms with Gasteiger partial charge >= 0.3 is 6.09 Å². The molecule has 0 aliphatic heterocycles. The maximum Gasteiger partial charge on any atom is 0.407 e. The Morgan fingerprint density at radius 1 is 1.23 bits per heavy atom. The summed E-state index contributed by atoms with van der Waals surface area (Å²) in [5.41, 5.74) is 5.75. The molecular weight excluding hydrogens is 296 g/mol. The predicted molar refractivity (Wildman–Crippen MR) is 94.8 cm³/mol. The lowest BCUT2D eigenvalue weighted by atomic mass is 10.1. The van der Waals surface area contributed by atoms with Crippen molar-refractivity contribution in [2.75, 3.05) is 13.2 Å². The first-order chi connectivity index (χ1) is 9.68. The number of carbonyl (C=O) groups is 1. The van der Waals surface area contributed by atoms with E-state index in [0.29, 0.717) is 13.2 Å². The minimum atomic E-state index is -1.76. The van der Waals surface area contributed by atoms with E-state index in [1.807, 2.05) is 20.8 Å². The van der Waals surface area contributed by atoms with Crippen molar-refractivity contribution in [2.24, 2.45) is 5.73 Å². The van der Waals surface area contributed by atoms with Crippen molar-refractivity contribution in [3.05, 3.63) is 0 Å². The Morgan fingerprint density at radius 2 is 1.73 bits per heavy atom. The molecule has 0 aliphatic rings. The highest BCUT2D eigenvalue weighted by Crippen LogP contribution is 2.36. The second-order valence-electron chi connectivity index (χ2n) is 8.58. The summed E-state index contributed by atoms with van der Waals surface area (Å²) in [6.45, 7) is 17.8. The first kappa shape index (κ1) is 21.4. The van der Waals surface area contributed by atoms with Gasteiger partial charge in [-0.1, -0.05) is 20.8 Å². The number of rotatable bonds is 7. The summed E-state index contributed by atoms with van der Waals surface area (Å²) < 4.78 is 6.11. The Hall–Kier alpha value is -0.593. The van der Waals surface area contributed by atoms with E-state index in [1.54, 1.807) is 0 Å². The van der Waals surface area contributed by atoms with Crippen LogP contribution in [0.5, 0.6) is 0 Å². The standard InChI is InChI=1S/C16H36N2O3Si/c1-15(2,3)18(14(19)20)11-9-10-13(17)12-21-22(7,8)16(4,5)6/h13H,9-12,17H2,1-8H3,(H,19,20)/t13-/m0/s1. The van der Waals surface area contributed by atoms with Crippen LogP contribution in [-0.2, 0) is 4.43 Å². The molecule has 0 aromatic carbocycles. The van der Waals surface area contributed by atoms with Crippen molar-refractivity contribution in [3.8, 4) is 0 Å². The van der Waals surface area contributed by atoms with Crippen LogP contribution >= 0.6 is 0 Å². The lowest BCUT2D eigenvalue weighted by Crippen LogP contribution is -2.46. The third kappa shape index (κ3) is 7.11. The lowest BCUT2D eigenvalue weighted by Gasteiger charge is -2.37. The van der Waals surface area contributed by atoms with E-state index in [2.05, 4.69) is 33.9 Å². The molecule has 0 radical (unpaired) electrons. The van der Waals surface area contributed by atoms with Gasteiger partial charge in [0.25, 0.3) is 0 Å². The number of hydrogen-bond acceptors (Lipinski definition) is 3. The summed E-state index contributed by atoms with van der Waals surface area (Å²) in [5, 5.41) is 9.43. The van der Waals surface area contributed by atoms with Crippen LogP contribution in [0.3, 0.4) is 0 Å². The highest BCUT2D eigenvalue weighted by atomic mass is 28.4. The van der Waals surface area contributed by atoms with Gasteiger partial charge in [-0.15, -0.1) is 0 Å². The molecule has 0 heterocycles. The van der Waals surface area contributed by atoms with Gasteiger partial charge in [0.05, 0.1) is 0 Å². The molecule has 0 spiro atoms. The zero-order valence-electron chi connectivity index (χ0n) is 15.7. The molecule has 6 heteroatoms. The smallest absolute Gasteiger partial charge is 0.407 e. The van der Waals surface area contributed by atoms with Crippen LogP contribution in [0.15, 0.2) is 0 Å². The summed E-state index contributed by atoms with van der Waals surface area (Å²) in [4.78, 5) is 12.7. The van der Waals surface area contributed by atoms with Gasteiger partial charge in [-0.05, 0) is 51.7 Å². The van der Waals surface area contributed by atoms with E-state index in [9.17, 15) is 9.90 Å². The highest BCUT2D eigenvalue weighted by molar-refractivity contribution is 6.74. The molecular formula is C16H36N2O3Si. The fraction of sp³-hybridized carbons (Fsp3) is 0.938. The maximum absolute atomic E-state index is 11.3. The molecule has 0 aromatic rings. The number of nitrogens with two attached hydrogens (primary N) is 1. The topological polar surface area (TPSA) is 75.8 Å². The molecule has 132 valence electrons. The van der Waals surface area contributed by atoms with Crippen LogP contribution in [-0.4, -0.2) is 49.1 Å². The number of carboxylic acid groups (broad SMARTS) is 1. The van der Waals surface area contributed by atoms with E-state index in [1.165, 1.54) is 4.90 Å². The minimum Gasteiger partial charge on any atom is -0.465 e. The molecule has 3 N–H and O–H groups in total. The van der Waals surface area contributed by atoms with Crippen LogP contribution in [0, 0.1) is 0 Å². The quantitative estimate of drug-likeness (QED) is 0.693. The fourth-order valence-electron chi connectivity index (χ4n) is 1.84. The molecule has 5 nitrogen and oxygen atoms in total. The normalized spacial score (nSPS) is 14.8. The van der Waals surface area contributed by atoms with Gasteiger partial charge in [-0.25, -0.2) is 4.79 Å². The monoisotopic (exact) mass is 332 g/mol. The molecule has 0 saturated carbocycles. The Kier molecular flexibility index (Phi) is 7.58. The first-order valence-electron chi connectivity index (χ1n) is 8.08. The molecule has 0 saturated heterocycles. The summed E-state index contributed by atoms with van der Waals surface area (Å²) in [6, 6.07) is -0.0373. The summed E-state index contributed by atoms with van der Waals surface area (Å²) in [5.74, 6) is 0. The molecule has 0 unspecified atom stereocenters. The zero-order chi connectivity index (χ0) is 17.8. The molecule has 0 rings (SSSR count). The second-order valence-corrected chi connectivity index (χ2v) is 13.4. The Morgan fingerprint density at radius 3 is 2.09 bits per heavy atom. The summed E-state index contributed by atoms with van der Waals surface area (Å²) in [6.07, 6.45) is 0.652. The number of hydrogen-bond donors (Lipinski definition) is 2. The highest BCUT2D eigenvalue weighted by Gasteiger charge is 2.37. The van der Waals surface area contributed by atoms with Crippen LogP contribution in [0.2, 0.25) is 18.1 Å². The summed E-state index contributed by atoms with van der Waals surface area (Å²) in [7, 11) is -1.76. The molecule has 1 atom stereocenters. The largest absolute Gasteiger partial charge is 0.465 e. The number of nitrogens with zero attached hydrogens (tertiary/aromatic N) is 1. The first-order valence-corrected chi connectivity index (χ1v) is 11.0. The van der Waals surface area contributed by atoms with Crippen molar-refractivity contribution in [1.29, 1.82) is 0 Å². The Labute approximate surface area is 137 Å². The van der Waals surface area contributed by atoms with Crippen molar-refractivity contribution in [2.45, 2.75) is 84.1 Å². The van der Waals surface area contributed by atoms with Crippen LogP contribution < -0.4 is 5.73 Å². The maximum atomic E-state index is 11.3. The zero-order valence-corrected chi connectivity index (χ0v) is 16.7. The van der Waals surface area contributed by atoms with Gasteiger partial charge in [-0.2, -0.15) is 0 Å². The third-order valence-corrected chi connectivity index (χ3v) is 8.96. The van der Waals surface area contributed by atoms with Gasteiger partial charge in [-0.3, -0.25) is 0 Å². The molecule has 0 aromatic heterocycles. The average Bonchev–Trinajstić information content (AvgIpc) is 2.28. The van der Waals surface area contributed by atoms with E-state index in [4.69, 9.17) is 10.2 Å². The predicted octanol–water partition coefficient (Wildman–Crippen LogP) is 3.89. The van der Waals surface area contributed by atoms with Gasteiger partial charge < -0.3 is 20.2 Å². The van der Waals surface area contributed by atoms with Crippen molar-refractivity contribution in [1.82, 2.24) is 4.90 Å². The molecule has 1 amide bonds. The lowest BCUT2D eigenvalue weighted by molar-refractivity contribution is 0.0982. The van der Waals surface area contributed by atoms with Crippen molar-refractivity contribution >= 4 is 14.4 Å². The van der Waals surface area contributed by atoms with Gasteiger partial charge in [0.15, 0.2) is 8.32 Å². The Bertz CT molecular complexity index is 359. The minimum absolute atomic E-state index is 0.0373. The SMILES string of the molecule is CC(C)(C)N(CCC[C@H](N)CO[Si](C)(C)C(C)(C)C)C(=O)O. The molecule has 22 heavy (non-hydrogen) atoms.